The van der Waals surface area contributed by atoms with E-state index in [1.54, 1.807) is 6.20 Å². The molecule has 48 valence electrons. The minimum Gasteiger partial charge on any atom is -0.448 e. The topological polar surface area (TPSA) is 38.1 Å². The lowest BCUT2D eigenvalue weighted by Gasteiger charge is -2.24. The van der Waals surface area contributed by atoms with Crippen molar-refractivity contribution in [3.63, 3.8) is 0 Å². The highest BCUT2D eigenvalue weighted by atomic mass is 16.3. The molecule has 9 heavy (non-hydrogen) atoms. The fourth-order valence-corrected chi connectivity index (χ4v) is 0.917. The van der Waals surface area contributed by atoms with Crippen LogP contribution in [-0.2, 0) is 0 Å². The number of nitrogens with one attached hydrogen (secondary N) is 1. The van der Waals surface area contributed by atoms with Gasteiger partial charge in [-0.1, -0.05) is 0 Å². The maximum Gasteiger partial charge on any atom is 0.180 e. The highest BCUT2D eigenvalue weighted by Crippen LogP contribution is 2.17. The van der Waals surface area contributed by atoms with Crippen LogP contribution in [-0.4, -0.2) is 18.1 Å². The molecule has 0 unspecified atom stereocenters. The maximum atomic E-state index is 5.09. The van der Waals surface area contributed by atoms with Crippen LogP contribution in [0.25, 0.3) is 0 Å². The van der Waals surface area contributed by atoms with Gasteiger partial charge in [0, 0.05) is 19.0 Å². The third-order valence-electron chi connectivity index (χ3n) is 1.64. The lowest BCUT2D eigenvalue weighted by atomic mass is 10.0. The predicted molar refractivity (Wildman–Crippen MR) is 32.1 cm³/mol. The monoisotopic (exact) mass is 124 g/mol. The summed E-state index contributed by atoms with van der Waals surface area (Å²) < 4.78 is 5.09. The predicted octanol–water partition coefficient (Wildman–Crippen LogP) is 0.361. The van der Waals surface area contributed by atoms with E-state index in [-0.39, 0.29) is 0 Å². The molecule has 1 saturated heterocycles. The first-order valence-electron chi connectivity index (χ1n) is 3.06. The van der Waals surface area contributed by atoms with E-state index in [9.17, 15) is 0 Å². The molecule has 0 spiro atoms. The fourth-order valence-electron chi connectivity index (χ4n) is 0.917. The van der Waals surface area contributed by atoms with Crippen molar-refractivity contribution in [2.75, 3.05) is 13.1 Å². The van der Waals surface area contributed by atoms with E-state index in [0.717, 1.165) is 18.8 Å². The number of oxazole rings is 1. The van der Waals surface area contributed by atoms with Crippen LogP contribution in [0.2, 0.25) is 0 Å². The largest absolute Gasteiger partial charge is 0.448 e. The number of nitrogens with zero attached hydrogens (tertiary/aromatic N) is 1. The van der Waals surface area contributed by atoms with Crippen LogP contribution in [0.3, 0.4) is 0 Å². The molecule has 3 nitrogen and oxygen atoms in total. The molecule has 0 radical (unpaired) electrons. The van der Waals surface area contributed by atoms with Crippen molar-refractivity contribution in [3.8, 4) is 0 Å². The Morgan fingerprint density at radius 1 is 1.67 bits per heavy atom. The zero-order valence-electron chi connectivity index (χ0n) is 5.00. The van der Waals surface area contributed by atoms with E-state index < -0.39 is 0 Å². The van der Waals surface area contributed by atoms with Crippen molar-refractivity contribution in [1.82, 2.24) is 10.3 Å². The van der Waals surface area contributed by atoms with Crippen molar-refractivity contribution in [3.05, 3.63) is 18.4 Å². The number of hydrogen-bond acceptors (Lipinski definition) is 3. The second-order valence-corrected chi connectivity index (χ2v) is 2.26. The Morgan fingerprint density at radius 3 is 3.00 bits per heavy atom. The molecule has 1 aromatic rings. The summed E-state index contributed by atoms with van der Waals surface area (Å²) in [5.74, 6) is 1.58. The van der Waals surface area contributed by atoms with Gasteiger partial charge in [0.05, 0.1) is 6.20 Å². The summed E-state index contributed by atoms with van der Waals surface area (Å²) in [5.41, 5.74) is 0. The van der Waals surface area contributed by atoms with Crippen molar-refractivity contribution in [2.45, 2.75) is 5.92 Å². The summed E-state index contributed by atoms with van der Waals surface area (Å²) >= 11 is 0. The first-order chi connectivity index (χ1) is 4.47. The Bertz CT molecular complexity index is 179. The fraction of sp³-hybridized carbons (Fsp3) is 0.500. The van der Waals surface area contributed by atoms with Gasteiger partial charge in [-0.05, 0) is 0 Å². The second-order valence-electron chi connectivity index (χ2n) is 2.26. The van der Waals surface area contributed by atoms with Crippen molar-refractivity contribution < 1.29 is 4.42 Å². The third-order valence-corrected chi connectivity index (χ3v) is 1.64. The van der Waals surface area contributed by atoms with Gasteiger partial charge in [-0.2, -0.15) is 0 Å². The van der Waals surface area contributed by atoms with Crippen LogP contribution in [0.15, 0.2) is 17.0 Å². The minimum atomic E-state index is 0.576. The molecule has 1 N–H and O–H groups in total. The molecule has 0 amide bonds. The highest BCUT2D eigenvalue weighted by molar-refractivity contribution is 5.04. The molecule has 1 aliphatic heterocycles. The molecule has 3 heteroatoms. The standard InChI is InChI=1S/C6H8N2O/c1-5(2-7-1)6-3-8-4-9-6/h3-5,7H,1-2H2. The molecule has 1 aliphatic rings. The van der Waals surface area contributed by atoms with Crippen LogP contribution >= 0.6 is 0 Å². The number of rotatable bonds is 1. The van der Waals surface area contributed by atoms with Gasteiger partial charge in [-0.25, -0.2) is 4.98 Å². The first kappa shape index (κ1) is 4.99. The molecule has 1 fully saturated rings. The molecule has 0 aliphatic carbocycles. The van der Waals surface area contributed by atoms with Crippen LogP contribution in [0.4, 0.5) is 0 Å². The maximum absolute atomic E-state index is 5.09. The smallest absolute Gasteiger partial charge is 0.180 e. The van der Waals surface area contributed by atoms with Gasteiger partial charge in [-0.15, -0.1) is 0 Å². The molecule has 0 bridgehead atoms. The Balaban J connectivity index is 2.14. The zero-order valence-corrected chi connectivity index (χ0v) is 5.00. The molecule has 0 saturated carbocycles. The summed E-state index contributed by atoms with van der Waals surface area (Å²) in [4.78, 5) is 3.83. The first-order valence-corrected chi connectivity index (χ1v) is 3.06. The SMILES string of the molecule is c1ncc(C2CNC2)o1. The highest BCUT2D eigenvalue weighted by Gasteiger charge is 2.21. The summed E-state index contributed by atoms with van der Waals surface area (Å²) in [6.45, 7) is 2.07. The van der Waals surface area contributed by atoms with Crippen molar-refractivity contribution in [1.29, 1.82) is 0 Å². The molecule has 0 aromatic carbocycles. The Labute approximate surface area is 53.1 Å². The summed E-state index contributed by atoms with van der Waals surface area (Å²) in [6, 6.07) is 0. The van der Waals surface area contributed by atoms with E-state index in [4.69, 9.17) is 4.42 Å². The number of hydrogen-bond donors (Lipinski definition) is 1. The van der Waals surface area contributed by atoms with E-state index in [2.05, 4.69) is 10.3 Å². The van der Waals surface area contributed by atoms with Gasteiger partial charge in [0.25, 0.3) is 0 Å². The minimum absolute atomic E-state index is 0.576. The summed E-state index contributed by atoms with van der Waals surface area (Å²) in [5, 5.41) is 3.16. The van der Waals surface area contributed by atoms with Crippen molar-refractivity contribution in [2.24, 2.45) is 0 Å². The summed E-state index contributed by atoms with van der Waals surface area (Å²) in [7, 11) is 0. The average Bonchev–Trinajstić information content (AvgIpc) is 2.11. The Kier molecular flexibility index (Phi) is 1.02. The van der Waals surface area contributed by atoms with Gasteiger partial charge in [0.15, 0.2) is 6.39 Å². The molecular formula is C6H8N2O. The molecule has 2 heterocycles. The second kappa shape index (κ2) is 1.84. The van der Waals surface area contributed by atoms with Gasteiger partial charge in [-0.3, -0.25) is 0 Å². The van der Waals surface area contributed by atoms with Crippen LogP contribution in [0.5, 0.6) is 0 Å². The molecular weight excluding hydrogens is 116 g/mol. The number of aromatic nitrogens is 1. The Morgan fingerprint density at radius 2 is 2.56 bits per heavy atom. The third kappa shape index (κ3) is 0.733. The molecule has 0 atom stereocenters. The van der Waals surface area contributed by atoms with Crippen LogP contribution in [0.1, 0.15) is 11.7 Å². The van der Waals surface area contributed by atoms with Gasteiger partial charge >= 0.3 is 0 Å². The zero-order chi connectivity index (χ0) is 6.10. The lowest BCUT2D eigenvalue weighted by Crippen LogP contribution is -2.39. The van der Waals surface area contributed by atoms with E-state index in [0.29, 0.717) is 5.92 Å². The molecule has 2 rings (SSSR count). The normalized spacial score (nSPS) is 19.6. The van der Waals surface area contributed by atoms with E-state index in [1.165, 1.54) is 6.39 Å². The van der Waals surface area contributed by atoms with Gasteiger partial charge in [0.1, 0.15) is 5.76 Å². The van der Waals surface area contributed by atoms with Gasteiger partial charge in [0.2, 0.25) is 0 Å². The van der Waals surface area contributed by atoms with Crippen LogP contribution in [0, 0.1) is 0 Å². The van der Waals surface area contributed by atoms with E-state index >= 15 is 0 Å². The summed E-state index contributed by atoms with van der Waals surface area (Å²) in [6.07, 6.45) is 3.26. The lowest BCUT2D eigenvalue weighted by molar-refractivity contribution is 0.368. The van der Waals surface area contributed by atoms with E-state index in [1.807, 2.05) is 0 Å². The average molecular weight is 124 g/mol. The van der Waals surface area contributed by atoms with Crippen molar-refractivity contribution >= 4 is 0 Å². The quantitative estimate of drug-likeness (QED) is 0.587. The van der Waals surface area contributed by atoms with Crippen LogP contribution < -0.4 is 5.32 Å². The Hall–Kier alpha value is -0.830. The molecule has 1 aromatic heterocycles. The van der Waals surface area contributed by atoms with Gasteiger partial charge < -0.3 is 9.73 Å².